The summed E-state index contributed by atoms with van der Waals surface area (Å²) in [5.74, 6) is -0.271. The van der Waals surface area contributed by atoms with Gasteiger partial charge in [-0.1, -0.05) is 18.2 Å². The SMILES string of the molecule is C[C@@H]1c2cccn2CCN1C[C@H](O)COCc1ccccc1F. The van der Waals surface area contributed by atoms with Gasteiger partial charge in [0.1, 0.15) is 5.82 Å². The molecule has 1 N–H and O–H groups in total. The molecule has 1 aromatic carbocycles. The number of nitrogens with zero attached hydrogens (tertiary/aromatic N) is 2. The largest absolute Gasteiger partial charge is 0.389 e. The number of aromatic nitrogens is 1. The Morgan fingerprint density at radius 1 is 1.26 bits per heavy atom. The highest BCUT2D eigenvalue weighted by molar-refractivity contribution is 5.16. The van der Waals surface area contributed by atoms with E-state index in [1.807, 2.05) is 0 Å². The van der Waals surface area contributed by atoms with Gasteiger partial charge in [-0.25, -0.2) is 4.39 Å². The first-order valence-electron chi connectivity index (χ1n) is 8.03. The van der Waals surface area contributed by atoms with E-state index in [9.17, 15) is 9.50 Å². The zero-order valence-corrected chi connectivity index (χ0v) is 13.4. The molecule has 124 valence electrons. The molecule has 0 aliphatic carbocycles. The fourth-order valence-electron chi connectivity index (χ4n) is 3.12. The highest BCUT2D eigenvalue weighted by Crippen LogP contribution is 2.25. The van der Waals surface area contributed by atoms with E-state index in [1.54, 1.807) is 18.2 Å². The Morgan fingerprint density at radius 2 is 2.09 bits per heavy atom. The number of halogens is 1. The molecule has 0 spiro atoms. The molecule has 3 rings (SSSR count). The van der Waals surface area contributed by atoms with Crippen LogP contribution in [0.3, 0.4) is 0 Å². The van der Waals surface area contributed by atoms with Crippen molar-refractivity contribution in [3.8, 4) is 0 Å². The molecule has 0 fully saturated rings. The summed E-state index contributed by atoms with van der Waals surface area (Å²) >= 11 is 0. The molecule has 2 atom stereocenters. The number of aliphatic hydroxyl groups excluding tert-OH is 1. The number of β-amino-alcohol motifs (C(OH)–C–C–N with tert-alkyl or cyclic N) is 1. The summed E-state index contributed by atoms with van der Waals surface area (Å²) < 4.78 is 21.2. The van der Waals surface area contributed by atoms with Gasteiger partial charge < -0.3 is 14.4 Å². The smallest absolute Gasteiger partial charge is 0.128 e. The lowest BCUT2D eigenvalue weighted by atomic mass is 10.1. The first kappa shape index (κ1) is 16.2. The zero-order chi connectivity index (χ0) is 16.2. The predicted octanol–water partition coefficient (Wildman–Crippen LogP) is 2.58. The van der Waals surface area contributed by atoms with Crippen LogP contribution in [-0.2, 0) is 17.9 Å². The average Bonchev–Trinajstić information content (AvgIpc) is 3.01. The van der Waals surface area contributed by atoms with Crippen LogP contribution in [0.1, 0.15) is 24.2 Å². The molecule has 0 bridgehead atoms. The van der Waals surface area contributed by atoms with E-state index >= 15 is 0 Å². The molecule has 0 unspecified atom stereocenters. The number of hydrogen-bond donors (Lipinski definition) is 1. The van der Waals surface area contributed by atoms with Gasteiger partial charge in [-0.05, 0) is 25.1 Å². The Hall–Kier alpha value is -1.69. The molecule has 0 saturated heterocycles. The van der Waals surface area contributed by atoms with Gasteiger partial charge in [-0.2, -0.15) is 0 Å². The van der Waals surface area contributed by atoms with Gasteiger partial charge in [-0.15, -0.1) is 0 Å². The number of ether oxygens (including phenoxy) is 1. The first-order valence-corrected chi connectivity index (χ1v) is 8.03. The molecule has 0 radical (unpaired) electrons. The zero-order valence-electron chi connectivity index (χ0n) is 13.4. The van der Waals surface area contributed by atoms with Crippen molar-refractivity contribution in [2.45, 2.75) is 32.2 Å². The van der Waals surface area contributed by atoms with Crippen LogP contribution in [0.15, 0.2) is 42.6 Å². The number of aliphatic hydroxyl groups is 1. The summed E-state index contributed by atoms with van der Waals surface area (Å²) in [4.78, 5) is 2.26. The molecular formula is C18H23FN2O2. The van der Waals surface area contributed by atoms with Crippen molar-refractivity contribution < 1.29 is 14.2 Å². The Balaban J connectivity index is 1.47. The molecular weight excluding hydrogens is 295 g/mol. The standard InChI is InChI=1S/C18H23FN2O2/c1-14-18-7-4-8-20(18)9-10-21(14)11-16(22)13-23-12-15-5-2-3-6-17(15)19/h2-8,14,16,22H,9-13H2,1H3/t14-,16+/m1/s1. The highest BCUT2D eigenvalue weighted by Gasteiger charge is 2.25. The van der Waals surface area contributed by atoms with Crippen molar-refractivity contribution in [2.75, 3.05) is 19.7 Å². The van der Waals surface area contributed by atoms with Crippen molar-refractivity contribution in [1.29, 1.82) is 0 Å². The molecule has 5 heteroatoms. The van der Waals surface area contributed by atoms with Crippen LogP contribution in [0.4, 0.5) is 4.39 Å². The molecule has 1 aliphatic heterocycles. The third-order valence-electron chi connectivity index (χ3n) is 4.44. The second kappa shape index (κ2) is 7.25. The molecule has 0 amide bonds. The molecule has 1 aromatic heterocycles. The van der Waals surface area contributed by atoms with Crippen LogP contribution in [0.2, 0.25) is 0 Å². The van der Waals surface area contributed by atoms with Gasteiger partial charge in [0.25, 0.3) is 0 Å². The summed E-state index contributed by atoms with van der Waals surface area (Å²) in [5.41, 5.74) is 1.79. The third-order valence-corrected chi connectivity index (χ3v) is 4.44. The molecule has 2 heterocycles. The van der Waals surface area contributed by atoms with E-state index in [-0.39, 0.29) is 25.1 Å². The Morgan fingerprint density at radius 3 is 2.91 bits per heavy atom. The minimum absolute atomic E-state index is 0.183. The topological polar surface area (TPSA) is 37.6 Å². The lowest BCUT2D eigenvalue weighted by molar-refractivity contribution is -0.00145. The fourth-order valence-corrected chi connectivity index (χ4v) is 3.12. The highest BCUT2D eigenvalue weighted by atomic mass is 19.1. The Labute approximate surface area is 136 Å². The average molecular weight is 318 g/mol. The van der Waals surface area contributed by atoms with Crippen molar-refractivity contribution >= 4 is 0 Å². The summed E-state index contributed by atoms with van der Waals surface area (Å²) in [6.07, 6.45) is 1.52. The van der Waals surface area contributed by atoms with Crippen molar-refractivity contribution in [3.63, 3.8) is 0 Å². The molecule has 2 aromatic rings. The van der Waals surface area contributed by atoms with Crippen LogP contribution >= 0.6 is 0 Å². The van der Waals surface area contributed by atoms with Gasteiger partial charge in [0.15, 0.2) is 0 Å². The lowest BCUT2D eigenvalue weighted by Crippen LogP contribution is -2.42. The van der Waals surface area contributed by atoms with Crippen LogP contribution < -0.4 is 0 Å². The predicted molar refractivity (Wildman–Crippen MR) is 86.5 cm³/mol. The molecule has 23 heavy (non-hydrogen) atoms. The summed E-state index contributed by atoms with van der Waals surface area (Å²) in [5, 5.41) is 10.2. The van der Waals surface area contributed by atoms with E-state index in [0.717, 1.165) is 13.1 Å². The molecule has 0 saturated carbocycles. The minimum Gasteiger partial charge on any atom is -0.389 e. The maximum atomic E-state index is 13.5. The molecule has 4 nitrogen and oxygen atoms in total. The minimum atomic E-state index is -0.578. The van der Waals surface area contributed by atoms with Gasteiger partial charge in [0.2, 0.25) is 0 Å². The van der Waals surface area contributed by atoms with Crippen LogP contribution in [0.5, 0.6) is 0 Å². The summed E-state index contributed by atoms with van der Waals surface area (Å²) in [6.45, 7) is 4.95. The fraction of sp³-hybridized carbons (Fsp3) is 0.444. The van der Waals surface area contributed by atoms with Gasteiger partial charge in [0, 0.05) is 43.1 Å². The maximum absolute atomic E-state index is 13.5. The second-order valence-corrected chi connectivity index (χ2v) is 6.06. The monoisotopic (exact) mass is 318 g/mol. The second-order valence-electron chi connectivity index (χ2n) is 6.06. The van der Waals surface area contributed by atoms with Crippen LogP contribution in [-0.4, -0.2) is 40.4 Å². The van der Waals surface area contributed by atoms with E-state index in [2.05, 4.69) is 34.7 Å². The Kier molecular flexibility index (Phi) is 5.10. The Bertz CT molecular complexity index is 643. The van der Waals surface area contributed by atoms with Crippen LogP contribution in [0, 0.1) is 5.82 Å². The number of rotatable bonds is 6. The number of fused-ring (bicyclic) bond motifs is 1. The van der Waals surface area contributed by atoms with Crippen molar-refractivity contribution in [2.24, 2.45) is 0 Å². The lowest BCUT2D eigenvalue weighted by Gasteiger charge is -2.36. The maximum Gasteiger partial charge on any atom is 0.128 e. The van der Waals surface area contributed by atoms with Gasteiger partial charge in [0.05, 0.1) is 19.3 Å². The quantitative estimate of drug-likeness (QED) is 0.889. The van der Waals surface area contributed by atoms with E-state index in [4.69, 9.17) is 4.74 Å². The first-order chi connectivity index (χ1) is 11.1. The van der Waals surface area contributed by atoms with Gasteiger partial charge in [-0.3, -0.25) is 4.90 Å². The van der Waals surface area contributed by atoms with E-state index in [0.29, 0.717) is 12.1 Å². The van der Waals surface area contributed by atoms with Crippen LogP contribution in [0.25, 0.3) is 0 Å². The van der Waals surface area contributed by atoms with Crippen molar-refractivity contribution in [3.05, 3.63) is 59.7 Å². The molecule has 1 aliphatic rings. The van der Waals surface area contributed by atoms with E-state index in [1.165, 1.54) is 11.8 Å². The normalized spacial score (nSPS) is 19.5. The summed E-state index contributed by atoms with van der Waals surface area (Å²) in [6, 6.07) is 11.0. The number of hydrogen-bond acceptors (Lipinski definition) is 3. The number of benzene rings is 1. The third kappa shape index (κ3) is 3.80. The van der Waals surface area contributed by atoms with Gasteiger partial charge >= 0.3 is 0 Å². The van der Waals surface area contributed by atoms with E-state index < -0.39 is 6.10 Å². The van der Waals surface area contributed by atoms with Crippen molar-refractivity contribution in [1.82, 2.24) is 9.47 Å². The summed E-state index contributed by atoms with van der Waals surface area (Å²) in [7, 11) is 0.